The molecule has 0 aliphatic carbocycles. The van der Waals surface area contributed by atoms with Crippen molar-refractivity contribution in [2.45, 2.75) is 24.3 Å². The van der Waals surface area contributed by atoms with Gasteiger partial charge < -0.3 is 5.11 Å². The van der Waals surface area contributed by atoms with E-state index in [9.17, 15) is 13.5 Å². The fraction of sp³-hybridized carbons (Fsp3) is 0.250. The Morgan fingerprint density at radius 2 is 1.73 bits per heavy atom. The molecule has 1 unspecified atom stereocenters. The van der Waals surface area contributed by atoms with Gasteiger partial charge in [0.2, 0.25) is 10.0 Å². The largest absolute Gasteiger partial charge is 0.384 e. The molecule has 2 N–H and O–H groups in total. The molecule has 4 nitrogen and oxygen atoms in total. The predicted molar refractivity (Wildman–Crippen MR) is 87.4 cm³/mol. The Bertz CT molecular complexity index is 755. The zero-order chi connectivity index (χ0) is 16.4. The van der Waals surface area contributed by atoms with Crippen LogP contribution in [-0.2, 0) is 15.6 Å². The van der Waals surface area contributed by atoms with Crippen LogP contribution in [0.4, 0.5) is 0 Å². The van der Waals surface area contributed by atoms with Crippen LogP contribution in [0.1, 0.15) is 18.1 Å². The average molecular weight is 340 g/mol. The molecule has 0 aromatic heterocycles. The highest BCUT2D eigenvalue weighted by Crippen LogP contribution is 2.23. The molecule has 2 aromatic rings. The SMILES string of the molecule is Cc1ccccc1S(=O)(=O)NCC(C)(O)c1ccc(Cl)cc1. The molecule has 0 aliphatic rings. The Kier molecular flexibility index (Phi) is 4.92. The van der Waals surface area contributed by atoms with Gasteiger partial charge in [-0.2, -0.15) is 0 Å². The second-order valence-electron chi connectivity index (χ2n) is 5.37. The number of hydrogen-bond acceptors (Lipinski definition) is 3. The lowest BCUT2D eigenvalue weighted by Crippen LogP contribution is -2.38. The third-order valence-electron chi connectivity index (χ3n) is 3.46. The molecule has 6 heteroatoms. The highest BCUT2D eigenvalue weighted by Gasteiger charge is 2.26. The Labute approximate surface area is 135 Å². The van der Waals surface area contributed by atoms with E-state index in [1.165, 1.54) is 6.07 Å². The molecule has 0 aliphatic heterocycles. The fourth-order valence-corrected chi connectivity index (χ4v) is 3.58. The number of aryl methyl sites for hydroxylation is 1. The number of halogens is 1. The normalized spacial score (nSPS) is 14.5. The molecular weight excluding hydrogens is 322 g/mol. The maximum atomic E-state index is 12.3. The lowest BCUT2D eigenvalue weighted by atomic mass is 9.97. The van der Waals surface area contributed by atoms with Crippen molar-refractivity contribution in [2.24, 2.45) is 0 Å². The first-order valence-corrected chi connectivity index (χ1v) is 8.62. The summed E-state index contributed by atoms with van der Waals surface area (Å²) < 4.78 is 27.1. The van der Waals surface area contributed by atoms with E-state index in [0.29, 0.717) is 16.1 Å². The number of sulfonamides is 1. The van der Waals surface area contributed by atoms with Crippen molar-refractivity contribution in [1.82, 2.24) is 4.72 Å². The van der Waals surface area contributed by atoms with E-state index >= 15 is 0 Å². The van der Waals surface area contributed by atoms with Crippen LogP contribution in [0.15, 0.2) is 53.4 Å². The predicted octanol–water partition coefficient (Wildman–Crippen LogP) is 2.83. The molecule has 118 valence electrons. The second kappa shape index (κ2) is 6.38. The topological polar surface area (TPSA) is 66.4 Å². The summed E-state index contributed by atoms with van der Waals surface area (Å²) in [6.07, 6.45) is 0. The molecule has 2 rings (SSSR count). The minimum Gasteiger partial charge on any atom is -0.384 e. The molecule has 0 spiro atoms. The number of benzene rings is 2. The third-order valence-corrected chi connectivity index (χ3v) is 5.27. The van der Waals surface area contributed by atoms with E-state index in [0.717, 1.165) is 0 Å². The van der Waals surface area contributed by atoms with Crippen LogP contribution >= 0.6 is 11.6 Å². The summed E-state index contributed by atoms with van der Waals surface area (Å²) in [6, 6.07) is 13.4. The van der Waals surface area contributed by atoms with Gasteiger partial charge in [0.15, 0.2) is 0 Å². The quantitative estimate of drug-likeness (QED) is 0.880. The lowest BCUT2D eigenvalue weighted by molar-refractivity contribution is 0.0627. The zero-order valence-electron chi connectivity index (χ0n) is 12.4. The summed E-state index contributed by atoms with van der Waals surface area (Å²) >= 11 is 5.82. The third kappa shape index (κ3) is 3.87. The molecular formula is C16H18ClNO3S. The number of nitrogens with one attached hydrogen (secondary N) is 1. The Balaban J connectivity index is 2.18. The van der Waals surface area contributed by atoms with Crippen molar-refractivity contribution in [3.8, 4) is 0 Å². The lowest BCUT2D eigenvalue weighted by Gasteiger charge is -2.24. The number of aliphatic hydroxyl groups is 1. The van der Waals surface area contributed by atoms with Crippen LogP contribution in [0.2, 0.25) is 5.02 Å². The van der Waals surface area contributed by atoms with Crippen molar-refractivity contribution >= 4 is 21.6 Å². The number of hydrogen-bond donors (Lipinski definition) is 2. The summed E-state index contributed by atoms with van der Waals surface area (Å²) in [5.74, 6) is 0. The first-order valence-electron chi connectivity index (χ1n) is 6.76. The van der Waals surface area contributed by atoms with Crippen molar-refractivity contribution in [3.05, 3.63) is 64.7 Å². The van der Waals surface area contributed by atoms with E-state index < -0.39 is 15.6 Å². The van der Waals surface area contributed by atoms with Crippen molar-refractivity contribution in [2.75, 3.05) is 6.54 Å². The summed E-state index contributed by atoms with van der Waals surface area (Å²) in [6.45, 7) is 3.15. The molecule has 22 heavy (non-hydrogen) atoms. The van der Waals surface area contributed by atoms with Crippen molar-refractivity contribution < 1.29 is 13.5 Å². The standard InChI is InChI=1S/C16H18ClNO3S/c1-12-5-3-4-6-15(12)22(20,21)18-11-16(2,19)13-7-9-14(17)10-8-13/h3-10,18-19H,11H2,1-2H3. The van der Waals surface area contributed by atoms with Gasteiger partial charge in [0.25, 0.3) is 0 Å². The van der Waals surface area contributed by atoms with Crippen LogP contribution in [-0.4, -0.2) is 20.1 Å². The first-order chi connectivity index (χ1) is 10.2. The highest BCUT2D eigenvalue weighted by molar-refractivity contribution is 7.89. The van der Waals surface area contributed by atoms with Gasteiger partial charge in [0.05, 0.1) is 4.90 Å². The zero-order valence-corrected chi connectivity index (χ0v) is 13.9. The molecule has 0 saturated heterocycles. The van der Waals surface area contributed by atoms with Gasteiger partial charge in [-0.05, 0) is 43.2 Å². The molecule has 0 amide bonds. The molecule has 0 fully saturated rings. The summed E-state index contributed by atoms with van der Waals surface area (Å²) in [5.41, 5.74) is -0.0918. The van der Waals surface area contributed by atoms with Crippen LogP contribution < -0.4 is 4.72 Å². The molecule has 0 radical (unpaired) electrons. The van der Waals surface area contributed by atoms with Gasteiger partial charge in [-0.15, -0.1) is 0 Å². The summed E-state index contributed by atoms with van der Waals surface area (Å²) in [5, 5.41) is 11.0. The molecule has 1 atom stereocenters. The van der Waals surface area contributed by atoms with Crippen molar-refractivity contribution in [1.29, 1.82) is 0 Å². The van der Waals surface area contributed by atoms with E-state index in [2.05, 4.69) is 4.72 Å². The molecule has 0 bridgehead atoms. The van der Waals surface area contributed by atoms with Crippen LogP contribution in [0.5, 0.6) is 0 Å². The van der Waals surface area contributed by atoms with Gasteiger partial charge in [-0.1, -0.05) is 41.9 Å². The monoisotopic (exact) mass is 339 g/mol. The fourth-order valence-electron chi connectivity index (χ4n) is 2.08. The van der Waals surface area contributed by atoms with Gasteiger partial charge in [0, 0.05) is 11.6 Å². The summed E-state index contributed by atoms with van der Waals surface area (Å²) in [4.78, 5) is 0.210. The van der Waals surface area contributed by atoms with E-state index in [4.69, 9.17) is 11.6 Å². The minimum atomic E-state index is -3.68. The Hall–Kier alpha value is -1.40. The van der Waals surface area contributed by atoms with Crippen LogP contribution in [0.3, 0.4) is 0 Å². The van der Waals surface area contributed by atoms with E-state index in [1.54, 1.807) is 56.3 Å². The van der Waals surface area contributed by atoms with Crippen LogP contribution in [0.25, 0.3) is 0 Å². The second-order valence-corrected chi connectivity index (χ2v) is 7.54. The van der Waals surface area contributed by atoms with Gasteiger partial charge in [-0.25, -0.2) is 13.1 Å². The number of rotatable bonds is 5. The summed E-state index contributed by atoms with van der Waals surface area (Å²) in [7, 11) is -3.68. The van der Waals surface area contributed by atoms with E-state index in [-0.39, 0.29) is 11.4 Å². The highest BCUT2D eigenvalue weighted by atomic mass is 35.5. The van der Waals surface area contributed by atoms with Gasteiger partial charge in [-0.3, -0.25) is 0 Å². The first kappa shape index (κ1) is 17.0. The smallest absolute Gasteiger partial charge is 0.240 e. The van der Waals surface area contributed by atoms with Crippen LogP contribution in [0, 0.1) is 6.92 Å². The van der Waals surface area contributed by atoms with Crippen molar-refractivity contribution in [3.63, 3.8) is 0 Å². The molecule has 0 heterocycles. The Morgan fingerprint density at radius 1 is 1.14 bits per heavy atom. The molecule has 2 aromatic carbocycles. The van der Waals surface area contributed by atoms with Gasteiger partial charge >= 0.3 is 0 Å². The Morgan fingerprint density at radius 3 is 2.32 bits per heavy atom. The van der Waals surface area contributed by atoms with Gasteiger partial charge in [0.1, 0.15) is 5.60 Å². The molecule has 0 saturated carbocycles. The maximum Gasteiger partial charge on any atom is 0.240 e. The average Bonchev–Trinajstić information content (AvgIpc) is 2.46. The maximum absolute atomic E-state index is 12.3. The minimum absolute atomic E-state index is 0.134. The van der Waals surface area contributed by atoms with E-state index in [1.807, 2.05) is 0 Å².